The van der Waals surface area contributed by atoms with Gasteiger partial charge in [-0.1, -0.05) is 12.1 Å². The molecule has 0 aromatic carbocycles. The minimum Gasteiger partial charge on any atom is -0.356 e. The number of thiophene rings is 1. The van der Waals surface area contributed by atoms with Crippen LogP contribution in [0.5, 0.6) is 0 Å². The highest BCUT2D eigenvalue weighted by Crippen LogP contribution is 2.07. The van der Waals surface area contributed by atoms with Crippen LogP contribution in [0.2, 0.25) is 0 Å². The molecule has 100 valence electrons. The van der Waals surface area contributed by atoms with Gasteiger partial charge >= 0.3 is 0 Å². The lowest BCUT2D eigenvalue weighted by molar-refractivity contribution is 0.788. The fraction of sp³-hybridized carbons (Fsp3) is 0.286. The molecule has 0 saturated carbocycles. The van der Waals surface area contributed by atoms with Crippen LogP contribution >= 0.6 is 11.3 Å². The van der Waals surface area contributed by atoms with Gasteiger partial charge in [-0.25, -0.2) is 0 Å². The molecule has 2 N–H and O–H groups in total. The summed E-state index contributed by atoms with van der Waals surface area (Å²) in [6.45, 7) is 1.63. The van der Waals surface area contributed by atoms with Crippen LogP contribution in [-0.2, 0) is 13.0 Å². The van der Waals surface area contributed by atoms with Crippen molar-refractivity contribution in [2.24, 2.45) is 4.99 Å². The average molecular weight is 274 g/mol. The summed E-state index contributed by atoms with van der Waals surface area (Å²) >= 11 is 1.74. The second kappa shape index (κ2) is 7.53. The summed E-state index contributed by atoms with van der Waals surface area (Å²) in [4.78, 5) is 9.79. The highest BCUT2D eigenvalue weighted by atomic mass is 32.1. The molecule has 19 heavy (non-hydrogen) atoms. The lowest BCUT2D eigenvalue weighted by Crippen LogP contribution is -2.37. The number of hydrogen-bond acceptors (Lipinski definition) is 3. The Hall–Kier alpha value is -1.88. The standard InChI is InChI=1S/C14H18N4S/c1-15-14(18-11-13-6-4-10-19-13)17-9-7-12-5-2-3-8-16-12/h2-6,8,10H,7,9,11H2,1H3,(H2,15,17,18). The fourth-order valence-electron chi connectivity index (χ4n) is 1.66. The maximum absolute atomic E-state index is 4.29. The lowest BCUT2D eigenvalue weighted by atomic mass is 10.3. The molecule has 5 heteroatoms. The first kappa shape index (κ1) is 13.5. The van der Waals surface area contributed by atoms with Crippen molar-refractivity contribution in [3.8, 4) is 0 Å². The molecule has 0 spiro atoms. The molecule has 2 aromatic rings. The van der Waals surface area contributed by atoms with Gasteiger partial charge in [-0.3, -0.25) is 9.98 Å². The minimum absolute atomic E-state index is 0.806. The van der Waals surface area contributed by atoms with E-state index in [0.717, 1.165) is 31.2 Å². The lowest BCUT2D eigenvalue weighted by Gasteiger charge is -2.10. The van der Waals surface area contributed by atoms with Crippen molar-refractivity contribution in [3.63, 3.8) is 0 Å². The van der Waals surface area contributed by atoms with Crippen molar-refractivity contribution >= 4 is 17.3 Å². The molecule has 4 nitrogen and oxygen atoms in total. The van der Waals surface area contributed by atoms with Crippen molar-refractivity contribution < 1.29 is 0 Å². The van der Waals surface area contributed by atoms with Crippen LogP contribution in [0.3, 0.4) is 0 Å². The zero-order valence-corrected chi connectivity index (χ0v) is 11.8. The Morgan fingerprint density at radius 3 is 2.89 bits per heavy atom. The summed E-state index contributed by atoms with van der Waals surface area (Å²) in [5, 5.41) is 8.65. The van der Waals surface area contributed by atoms with Crippen LogP contribution in [0, 0.1) is 0 Å². The summed E-state index contributed by atoms with van der Waals surface area (Å²) in [5.74, 6) is 0.823. The molecule has 2 rings (SSSR count). The van der Waals surface area contributed by atoms with Crippen molar-refractivity contribution in [2.75, 3.05) is 13.6 Å². The van der Waals surface area contributed by atoms with Gasteiger partial charge in [0.15, 0.2) is 5.96 Å². The van der Waals surface area contributed by atoms with Gasteiger partial charge in [-0.2, -0.15) is 0 Å². The van der Waals surface area contributed by atoms with Crippen molar-refractivity contribution in [1.29, 1.82) is 0 Å². The van der Waals surface area contributed by atoms with E-state index in [-0.39, 0.29) is 0 Å². The van der Waals surface area contributed by atoms with Crippen LogP contribution in [0.4, 0.5) is 0 Å². The molecule has 0 saturated heterocycles. The molecule has 0 bridgehead atoms. The molecule has 0 radical (unpaired) electrons. The van der Waals surface area contributed by atoms with Crippen LogP contribution < -0.4 is 10.6 Å². The van der Waals surface area contributed by atoms with Crippen molar-refractivity contribution in [1.82, 2.24) is 15.6 Å². The maximum Gasteiger partial charge on any atom is 0.191 e. The normalized spacial score (nSPS) is 11.3. The highest BCUT2D eigenvalue weighted by molar-refractivity contribution is 7.09. The van der Waals surface area contributed by atoms with Crippen molar-refractivity contribution in [2.45, 2.75) is 13.0 Å². The summed E-state index contributed by atoms with van der Waals surface area (Å²) in [6, 6.07) is 10.1. The number of aromatic nitrogens is 1. The Bertz CT molecular complexity index is 493. The van der Waals surface area contributed by atoms with Gasteiger partial charge in [0.1, 0.15) is 0 Å². The number of nitrogens with one attached hydrogen (secondary N) is 2. The van der Waals surface area contributed by atoms with Crippen LogP contribution in [-0.4, -0.2) is 24.5 Å². The van der Waals surface area contributed by atoms with Crippen molar-refractivity contribution in [3.05, 3.63) is 52.5 Å². The van der Waals surface area contributed by atoms with Gasteiger partial charge in [-0.15, -0.1) is 11.3 Å². The van der Waals surface area contributed by atoms with Crippen LogP contribution in [0.15, 0.2) is 46.9 Å². The third-order valence-electron chi connectivity index (χ3n) is 2.63. The van der Waals surface area contributed by atoms with E-state index in [9.17, 15) is 0 Å². The molecular weight excluding hydrogens is 256 g/mol. The van der Waals surface area contributed by atoms with Crippen LogP contribution in [0.25, 0.3) is 0 Å². The number of nitrogens with zero attached hydrogens (tertiary/aromatic N) is 2. The number of rotatable bonds is 5. The van der Waals surface area contributed by atoms with E-state index in [1.165, 1.54) is 4.88 Å². The molecule has 0 aliphatic rings. The Morgan fingerprint density at radius 2 is 2.21 bits per heavy atom. The summed E-state index contributed by atoms with van der Waals surface area (Å²) < 4.78 is 0. The van der Waals surface area contributed by atoms with E-state index in [0.29, 0.717) is 0 Å². The van der Waals surface area contributed by atoms with Gasteiger partial charge in [0.05, 0.1) is 6.54 Å². The number of pyridine rings is 1. The average Bonchev–Trinajstić information content (AvgIpc) is 2.97. The number of hydrogen-bond donors (Lipinski definition) is 2. The topological polar surface area (TPSA) is 49.3 Å². The Morgan fingerprint density at radius 1 is 1.26 bits per heavy atom. The molecular formula is C14H18N4S. The second-order valence-electron chi connectivity index (χ2n) is 4.00. The first-order valence-corrected chi connectivity index (χ1v) is 7.13. The molecule has 0 atom stereocenters. The second-order valence-corrected chi connectivity index (χ2v) is 5.04. The highest BCUT2D eigenvalue weighted by Gasteiger charge is 1.99. The monoisotopic (exact) mass is 274 g/mol. The molecule has 0 amide bonds. The molecule has 0 unspecified atom stereocenters. The molecule has 0 aliphatic carbocycles. The molecule has 2 heterocycles. The maximum atomic E-state index is 4.29. The Kier molecular flexibility index (Phi) is 5.37. The number of aliphatic imine (C=N–C) groups is 1. The molecule has 0 aliphatic heterocycles. The Labute approximate surface area is 117 Å². The summed E-state index contributed by atoms with van der Waals surface area (Å²) in [5.41, 5.74) is 1.09. The van der Waals surface area contributed by atoms with Crippen LogP contribution in [0.1, 0.15) is 10.6 Å². The molecule has 2 aromatic heterocycles. The fourth-order valence-corrected chi connectivity index (χ4v) is 2.30. The predicted octanol–water partition coefficient (Wildman–Crippen LogP) is 2.05. The smallest absolute Gasteiger partial charge is 0.191 e. The van der Waals surface area contributed by atoms with Gasteiger partial charge in [0, 0.05) is 36.8 Å². The zero-order valence-electron chi connectivity index (χ0n) is 11.0. The largest absolute Gasteiger partial charge is 0.356 e. The van der Waals surface area contributed by atoms with E-state index in [4.69, 9.17) is 0 Å². The quantitative estimate of drug-likeness (QED) is 0.648. The van der Waals surface area contributed by atoms with E-state index >= 15 is 0 Å². The van der Waals surface area contributed by atoms with E-state index in [1.54, 1.807) is 18.4 Å². The molecule has 0 fully saturated rings. The zero-order chi connectivity index (χ0) is 13.3. The first-order chi connectivity index (χ1) is 9.38. The Balaban J connectivity index is 1.71. The van der Waals surface area contributed by atoms with Gasteiger partial charge < -0.3 is 10.6 Å². The van der Waals surface area contributed by atoms with Gasteiger partial charge in [0.25, 0.3) is 0 Å². The predicted molar refractivity (Wildman–Crippen MR) is 80.5 cm³/mol. The first-order valence-electron chi connectivity index (χ1n) is 6.25. The third kappa shape index (κ3) is 4.71. The minimum atomic E-state index is 0.806. The van der Waals surface area contributed by atoms with Gasteiger partial charge in [0.2, 0.25) is 0 Å². The number of guanidine groups is 1. The SMILES string of the molecule is CN=C(NCCc1ccccn1)NCc1cccs1. The third-order valence-corrected chi connectivity index (χ3v) is 3.51. The van der Waals surface area contributed by atoms with E-state index in [1.807, 2.05) is 24.4 Å². The van der Waals surface area contributed by atoms with E-state index in [2.05, 4.69) is 38.1 Å². The summed E-state index contributed by atoms with van der Waals surface area (Å²) in [6.07, 6.45) is 2.71. The van der Waals surface area contributed by atoms with E-state index < -0.39 is 0 Å². The summed E-state index contributed by atoms with van der Waals surface area (Å²) in [7, 11) is 1.78. The van der Waals surface area contributed by atoms with Gasteiger partial charge in [-0.05, 0) is 23.6 Å².